The molecule has 0 heterocycles. The Morgan fingerprint density at radius 3 is 2.70 bits per heavy atom. The Labute approximate surface area is 61.4 Å². The second-order valence-corrected chi connectivity index (χ2v) is 1.92. The van der Waals surface area contributed by atoms with Crippen molar-refractivity contribution in [3.05, 3.63) is 0 Å². The van der Waals surface area contributed by atoms with Crippen LogP contribution in [-0.4, -0.2) is 23.7 Å². The Morgan fingerprint density at radius 1 is 1.60 bits per heavy atom. The number of hydrogen-bond donors (Lipinski definition) is 2. The lowest BCUT2D eigenvalue weighted by Crippen LogP contribution is -2.16. The van der Waals surface area contributed by atoms with Crippen molar-refractivity contribution in [1.29, 1.82) is 0 Å². The highest BCUT2D eigenvalue weighted by molar-refractivity contribution is 5.33. The van der Waals surface area contributed by atoms with Gasteiger partial charge in [-0.15, -0.1) is 5.53 Å². The van der Waals surface area contributed by atoms with Gasteiger partial charge >= 0.3 is 6.01 Å². The van der Waals surface area contributed by atoms with E-state index in [0.717, 1.165) is 19.5 Å². The summed E-state index contributed by atoms with van der Waals surface area (Å²) in [5.74, 6) is 4.92. The Balaban J connectivity index is 3.90. The number of nitrogens with one attached hydrogen (secondary N) is 1. The number of hydrazine groups is 1. The van der Waals surface area contributed by atoms with Gasteiger partial charge < -0.3 is 0 Å². The summed E-state index contributed by atoms with van der Waals surface area (Å²) in [5, 5.41) is 3.57. The first-order valence-corrected chi connectivity index (χ1v) is 3.51. The van der Waals surface area contributed by atoms with Gasteiger partial charge in [0.2, 0.25) is 0 Å². The van der Waals surface area contributed by atoms with E-state index in [0.29, 0.717) is 0 Å². The second-order valence-electron chi connectivity index (χ2n) is 1.92. The third-order valence-electron chi connectivity index (χ3n) is 1.13. The van der Waals surface area contributed by atoms with Crippen LogP contribution < -0.4 is 11.4 Å². The number of rotatable bonds is 4. The van der Waals surface area contributed by atoms with Crippen LogP contribution in [0.4, 0.5) is 0 Å². The molecule has 0 aliphatic heterocycles. The van der Waals surface area contributed by atoms with E-state index in [4.69, 9.17) is 5.84 Å². The van der Waals surface area contributed by atoms with Gasteiger partial charge in [-0.25, -0.2) is 10.4 Å². The van der Waals surface area contributed by atoms with Crippen LogP contribution in [0.3, 0.4) is 0 Å². The smallest absolute Gasteiger partial charge is 0.218 e. The molecule has 0 aromatic carbocycles. The fourth-order valence-electron chi connectivity index (χ4n) is 0.648. The maximum Gasteiger partial charge on any atom is 0.339 e. The van der Waals surface area contributed by atoms with Crippen molar-refractivity contribution in [3.8, 4) is 0 Å². The van der Waals surface area contributed by atoms with Gasteiger partial charge in [-0.05, 0) is 13.3 Å². The lowest BCUT2D eigenvalue weighted by atomic mass is 10.5. The maximum absolute atomic E-state index is 4.92. The zero-order chi connectivity index (χ0) is 7.82. The predicted octanol–water partition coefficient (Wildman–Crippen LogP) is -0.0190. The van der Waals surface area contributed by atoms with Gasteiger partial charge in [0.1, 0.15) is 5.10 Å². The van der Waals surface area contributed by atoms with E-state index < -0.39 is 0 Å². The van der Waals surface area contributed by atoms with E-state index in [1.165, 1.54) is 0 Å². The molecule has 0 saturated heterocycles. The largest absolute Gasteiger partial charge is 0.339 e. The van der Waals surface area contributed by atoms with Crippen molar-refractivity contribution in [1.82, 2.24) is 5.53 Å². The molecule has 10 heavy (non-hydrogen) atoms. The van der Waals surface area contributed by atoms with Crippen molar-refractivity contribution in [2.45, 2.75) is 20.3 Å². The van der Waals surface area contributed by atoms with Gasteiger partial charge in [0.25, 0.3) is 0 Å². The summed E-state index contributed by atoms with van der Waals surface area (Å²) in [6, 6.07) is 2.74. The molecule has 0 bridgehead atoms. The van der Waals surface area contributed by atoms with E-state index in [1.54, 1.807) is 0 Å². The molecule has 0 spiro atoms. The average Bonchev–Trinajstić information content (AvgIpc) is 1.98. The van der Waals surface area contributed by atoms with Gasteiger partial charge in [0.05, 0.1) is 13.1 Å². The van der Waals surface area contributed by atoms with Crippen LogP contribution in [0.2, 0.25) is 0 Å². The van der Waals surface area contributed by atoms with Gasteiger partial charge in [0.15, 0.2) is 0 Å². The summed E-state index contributed by atoms with van der Waals surface area (Å²) in [5.41, 5.74) is 2.16. The fourth-order valence-corrected chi connectivity index (χ4v) is 0.648. The molecular weight excluding hydrogens is 128 g/mol. The summed E-state index contributed by atoms with van der Waals surface area (Å²) >= 11 is 0. The quantitative estimate of drug-likeness (QED) is 0.251. The minimum absolute atomic E-state index is 0.916. The molecule has 0 radical (unpaired) electrons. The molecule has 4 heteroatoms. The molecule has 0 atom stereocenters. The van der Waals surface area contributed by atoms with E-state index in [-0.39, 0.29) is 0 Å². The zero-order valence-corrected chi connectivity index (χ0v) is 6.59. The molecule has 3 N–H and O–H groups in total. The zero-order valence-electron chi connectivity index (χ0n) is 6.59. The summed E-state index contributed by atoms with van der Waals surface area (Å²) < 4.78 is 1.96. The van der Waals surface area contributed by atoms with Crippen molar-refractivity contribution in [2.24, 2.45) is 10.9 Å². The minimum Gasteiger partial charge on any atom is -0.218 e. The lowest BCUT2D eigenvalue weighted by Gasteiger charge is -1.93. The van der Waals surface area contributed by atoms with Crippen LogP contribution >= 0.6 is 0 Å². The molecule has 0 rings (SSSR count). The minimum atomic E-state index is 0.916. The average molecular weight is 143 g/mol. The molecular formula is C6H15N4+. The van der Waals surface area contributed by atoms with Gasteiger partial charge in [-0.3, -0.25) is 0 Å². The van der Waals surface area contributed by atoms with E-state index in [2.05, 4.69) is 30.5 Å². The number of nitrogens with zero attached hydrogens (tertiary/aromatic N) is 2. The highest BCUT2D eigenvalue weighted by atomic mass is 15.5. The standard InChI is InChI=1S/C6H15N4/c1-3-5-10(4-2)6-8-9-7/h9H,3-5,7H2,1-2H3/q+1. The van der Waals surface area contributed by atoms with Crippen LogP contribution in [0.5, 0.6) is 0 Å². The molecule has 58 valence electrons. The molecule has 0 unspecified atom stereocenters. The van der Waals surface area contributed by atoms with Crippen LogP contribution in [0.25, 0.3) is 0 Å². The van der Waals surface area contributed by atoms with Crippen LogP contribution in [0.15, 0.2) is 5.10 Å². The lowest BCUT2D eigenvalue weighted by molar-refractivity contribution is -0.518. The molecule has 4 nitrogen and oxygen atoms in total. The Kier molecular flexibility index (Phi) is 5.72. The van der Waals surface area contributed by atoms with Crippen molar-refractivity contribution >= 4 is 6.01 Å². The second kappa shape index (κ2) is 6.26. The van der Waals surface area contributed by atoms with Crippen molar-refractivity contribution in [2.75, 3.05) is 13.1 Å². The molecule has 0 saturated carbocycles. The Morgan fingerprint density at radius 2 is 2.30 bits per heavy atom. The third kappa shape index (κ3) is 4.06. The number of hydrogen-bond acceptors (Lipinski definition) is 3. The van der Waals surface area contributed by atoms with Crippen LogP contribution in [0, 0.1) is 0 Å². The summed E-state index contributed by atoms with van der Waals surface area (Å²) in [4.78, 5) is 0. The van der Waals surface area contributed by atoms with Crippen molar-refractivity contribution in [3.63, 3.8) is 0 Å². The molecule has 0 aromatic rings. The summed E-state index contributed by atoms with van der Waals surface area (Å²) in [6.07, 6.45) is 1.10. The highest BCUT2D eigenvalue weighted by Crippen LogP contribution is 1.76. The van der Waals surface area contributed by atoms with Gasteiger partial charge in [-0.2, -0.15) is 0 Å². The van der Waals surface area contributed by atoms with Crippen molar-refractivity contribution < 1.29 is 4.58 Å². The first-order chi connectivity index (χ1) is 4.85. The molecule has 0 aliphatic carbocycles. The first kappa shape index (κ1) is 9.14. The normalized spacial score (nSPS) is 8.30. The van der Waals surface area contributed by atoms with E-state index in [1.807, 2.05) is 4.58 Å². The van der Waals surface area contributed by atoms with Gasteiger partial charge in [0, 0.05) is 0 Å². The summed E-state index contributed by atoms with van der Waals surface area (Å²) in [6.45, 7) is 6.05. The summed E-state index contributed by atoms with van der Waals surface area (Å²) in [7, 11) is 0. The van der Waals surface area contributed by atoms with Crippen LogP contribution in [0.1, 0.15) is 20.3 Å². The topological polar surface area (TPSA) is 53.4 Å². The Hall–Kier alpha value is -0.860. The number of hydrazone groups is 1. The highest BCUT2D eigenvalue weighted by Gasteiger charge is 1.91. The number of nitrogens with two attached hydrogens (primary N) is 1. The van der Waals surface area contributed by atoms with Gasteiger partial charge in [-0.1, -0.05) is 6.92 Å². The monoisotopic (exact) mass is 143 g/mol. The maximum atomic E-state index is 4.92. The predicted molar refractivity (Wildman–Crippen MR) is 40.7 cm³/mol. The Bertz CT molecular complexity index is 135. The fraction of sp³-hybridized carbons (Fsp3) is 0.833. The molecule has 0 aromatic heterocycles. The molecule has 0 fully saturated rings. The third-order valence-corrected chi connectivity index (χ3v) is 1.13. The van der Waals surface area contributed by atoms with E-state index >= 15 is 0 Å². The first-order valence-electron chi connectivity index (χ1n) is 3.51. The SMILES string of the molecule is CCC[N+](=C=NNN)CC. The molecule has 0 amide bonds. The molecule has 0 aliphatic rings. The van der Waals surface area contributed by atoms with E-state index in [9.17, 15) is 0 Å². The van der Waals surface area contributed by atoms with Crippen LogP contribution in [-0.2, 0) is 0 Å².